The van der Waals surface area contributed by atoms with Crippen molar-refractivity contribution < 1.29 is 14.3 Å². The Bertz CT molecular complexity index is 1160. The fourth-order valence-electron chi connectivity index (χ4n) is 3.89. The molecule has 1 amide bonds. The normalized spacial score (nSPS) is 13.9. The third-order valence-electron chi connectivity index (χ3n) is 5.47. The maximum Gasteiger partial charge on any atom is 0.339 e. The molecule has 3 aromatic rings. The number of carbonyl (C=O) groups excluding carboxylic acids is 2. The van der Waals surface area contributed by atoms with Crippen molar-refractivity contribution in [1.82, 2.24) is 10.3 Å². The van der Waals surface area contributed by atoms with Crippen molar-refractivity contribution in [3.63, 3.8) is 0 Å². The van der Waals surface area contributed by atoms with Crippen molar-refractivity contribution in [2.24, 2.45) is 0 Å². The lowest BCUT2D eigenvalue weighted by Crippen LogP contribution is -2.29. The van der Waals surface area contributed by atoms with Gasteiger partial charge in [-0.15, -0.1) is 0 Å². The molecule has 5 heteroatoms. The quantitative estimate of drug-likeness (QED) is 0.593. The summed E-state index contributed by atoms with van der Waals surface area (Å²) in [4.78, 5) is 29.8. The molecule has 0 bridgehead atoms. The molecule has 0 saturated heterocycles. The van der Waals surface area contributed by atoms with Gasteiger partial charge in [-0.25, -0.2) is 9.78 Å². The number of fused-ring (bicyclic) bond motifs is 2. The van der Waals surface area contributed by atoms with Crippen LogP contribution in [0.25, 0.3) is 22.6 Å². The van der Waals surface area contributed by atoms with Gasteiger partial charge < -0.3 is 10.1 Å². The summed E-state index contributed by atoms with van der Waals surface area (Å²) in [7, 11) is 0. The molecule has 1 aliphatic carbocycles. The van der Waals surface area contributed by atoms with E-state index < -0.39 is 5.97 Å². The first-order valence-electron chi connectivity index (χ1n) is 10.7. The molecule has 31 heavy (non-hydrogen) atoms. The Hall–Kier alpha value is -3.47. The van der Waals surface area contributed by atoms with Crippen LogP contribution in [0.5, 0.6) is 0 Å². The Balaban J connectivity index is 1.70. The van der Waals surface area contributed by atoms with Crippen molar-refractivity contribution in [1.29, 1.82) is 0 Å². The monoisotopic (exact) mass is 414 g/mol. The maximum absolute atomic E-state index is 13.0. The number of para-hydroxylation sites is 1. The summed E-state index contributed by atoms with van der Waals surface area (Å²) in [6.45, 7) is 4.32. The number of hydrogen-bond donors (Lipinski definition) is 1. The molecule has 158 valence electrons. The average Bonchev–Trinajstić information content (AvgIpc) is 3.17. The molecular weight excluding hydrogens is 388 g/mol. The average molecular weight is 415 g/mol. The molecule has 1 aromatic heterocycles. The predicted molar refractivity (Wildman–Crippen MR) is 123 cm³/mol. The molecule has 1 N–H and O–H groups in total. The largest absolute Gasteiger partial charge is 0.452 e. The number of benzene rings is 2. The Morgan fingerprint density at radius 2 is 1.87 bits per heavy atom. The van der Waals surface area contributed by atoms with E-state index in [9.17, 15) is 9.59 Å². The van der Waals surface area contributed by atoms with Crippen molar-refractivity contribution in [3.8, 4) is 0 Å². The summed E-state index contributed by atoms with van der Waals surface area (Å²) < 4.78 is 5.39. The van der Waals surface area contributed by atoms with E-state index in [2.05, 4.69) is 42.6 Å². The van der Waals surface area contributed by atoms with Crippen LogP contribution in [0.1, 0.15) is 52.5 Å². The molecule has 0 saturated carbocycles. The minimum Gasteiger partial charge on any atom is -0.452 e. The summed E-state index contributed by atoms with van der Waals surface area (Å²) in [5.74, 6) is -0.761. The Kier molecular flexibility index (Phi) is 6.12. The summed E-state index contributed by atoms with van der Waals surface area (Å²) in [6, 6.07) is 15.9. The fourth-order valence-corrected chi connectivity index (χ4v) is 3.89. The molecule has 0 aliphatic heterocycles. The van der Waals surface area contributed by atoms with E-state index in [1.54, 1.807) is 0 Å². The van der Waals surface area contributed by atoms with Gasteiger partial charge in [0.2, 0.25) is 0 Å². The first-order chi connectivity index (χ1) is 15.1. The first kappa shape index (κ1) is 20.8. The van der Waals surface area contributed by atoms with Gasteiger partial charge in [-0.05, 0) is 55.0 Å². The zero-order valence-electron chi connectivity index (χ0n) is 17.9. The van der Waals surface area contributed by atoms with E-state index in [0.717, 1.165) is 52.6 Å². The van der Waals surface area contributed by atoms with Gasteiger partial charge in [0.1, 0.15) is 0 Å². The number of rotatable bonds is 6. The van der Waals surface area contributed by atoms with Gasteiger partial charge in [-0.2, -0.15) is 0 Å². The standard InChI is InChI=1S/C26H26N2O3/c1-3-14-27-23(29)16-31-26(30)24-20-6-4-5-7-22(20)28-25-19(12-13-21(24)25)15-18-10-8-17(2)9-11-18/h4-11,15H,3,12-14,16H2,1-2H3,(H,27,29)/b19-15-. The minimum absolute atomic E-state index is 0.281. The highest BCUT2D eigenvalue weighted by Gasteiger charge is 2.27. The van der Waals surface area contributed by atoms with Gasteiger partial charge in [-0.3, -0.25) is 4.79 Å². The summed E-state index contributed by atoms with van der Waals surface area (Å²) in [5.41, 5.74) is 6.46. The molecule has 0 atom stereocenters. The number of ether oxygens (including phenoxy) is 1. The number of carbonyl (C=O) groups is 2. The Labute approximate surface area is 182 Å². The summed E-state index contributed by atoms with van der Waals surface area (Å²) in [5, 5.41) is 3.49. The number of allylic oxidation sites excluding steroid dienone is 1. The predicted octanol–water partition coefficient (Wildman–Crippen LogP) is 4.71. The van der Waals surface area contributed by atoms with Crippen LogP contribution >= 0.6 is 0 Å². The van der Waals surface area contributed by atoms with Gasteiger partial charge in [-0.1, -0.05) is 55.0 Å². The molecule has 1 heterocycles. The second kappa shape index (κ2) is 9.13. The van der Waals surface area contributed by atoms with E-state index in [1.807, 2.05) is 31.2 Å². The van der Waals surface area contributed by atoms with Crippen LogP contribution < -0.4 is 5.32 Å². The van der Waals surface area contributed by atoms with Crippen LogP contribution in [-0.4, -0.2) is 30.0 Å². The first-order valence-corrected chi connectivity index (χ1v) is 10.7. The number of nitrogens with one attached hydrogen (secondary N) is 1. The third-order valence-corrected chi connectivity index (χ3v) is 5.47. The van der Waals surface area contributed by atoms with Crippen LogP contribution in [0.15, 0.2) is 48.5 Å². The molecule has 4 rings (SSSR count). The second-order valence-corrected chi connectivity index (χ2v) is 7.84. The SMILES string of the molecule is CCCNC(=O)COC(=O)c1c2c(nc3ccccc13)/C(=C\c1ccc(C)cc1)CC2. The fraction of sp³-hybridized carbons (Fsp3) is 0.269. The van der Waals surface area contributed by atoms with Gasteiger partial charge in [0, 0.05) is 11.9 Å². The second-order valence-electron chi connectivity index (χ2n) is 7.84. The zero-order valence-corrected chi connectivity index (χ0v) is 17.9. The molecule has 5 nitrogen and oxygen atoms in total. The van der Waals surface area contributed by atoms with Crippen molar-refractivity contribution in [2.45, 2.75) is 33.1 Å². The minimum atomic E-state index is -0.474. The maximum atomic E-state index is 13.0. The number of aryl methyl sites for hydroxylation is 1. The Morgan fingerprint density at radius 1 is 1.10 bits per heavy atom. The molecular formula is C26H26N2O3. The number of amides is 1. The highest BCUT2D eigenvalue weighted by Crippen LogP contribution is 2.37. The van der Waals surface area contributed by atoms with Crippen LogP contribution in [0, 0.1) is 6.92 Å². The third kappa shape index (κ3) is 4.50. The van der Waals surface area contributed by atoms with Crippen LogP contribution in [-0.2, 0) is 16.0 Å². The number of aromatic nitrogens is 1. The van der Waals surface area contributed by atoms with E-state index in [4.69, 9.17) is 9.72 Å². The van der Waals surface area contributed by atoms with Crippen molar-refractivity contribution in [3.05, 3.63) is 76.5 Å². The number of hydrogen-bond acceptors (Lipinski definition) is 4. The molecule has 1 aliphatic rings. The smallest absolute Gasteiger partial charge is 0.339 e. The zero-order chi connectivity index (χ0) is 21.8. The van der Waals surface area contributed by atoms with Crippen molar-refractivity contribution >= 4 is 34.4 Å². The summed E-state index contributed by atoms with van der Waals surface area (Å²) >= 11 is 0. The Morgan fingerprint density at radius 3 is 2.65 bits per heavy atom. The van der Waals surface area contributed by atoms with Gasteiger partial charge >= 0.3 is 5.97 Å². The molecule has 0 fully saturated rings. The lowest BCUT2D eigenvalue weighted by molar-refractivity contribution is -0.124. The highest BCUT2D eigenvalue weighted by molar-refractivity contribution is 6.07. The van der Waals surface area contributed by atoms with Crippen molar-refractivity contribution in [2.75, 3.05) is 13.2 Å². The van der Waals surface area contributed by atoms with Crippen LogP contribution in [0.3, 0.4) is 0 Å². The summed E-state index contributed by atoms with van der Waals surface area (Å²) in [6.07, 6.45) is 4.50. The molecule has 0 radical (unpaired) electrons. The molecule has 0 spiro atoms. The number of nitrogens with zero attached hydrogens (tertiary/aromatic N) is 1. The number of esters is 1. The van der Waals surface area contributed by atoms with Gasteiger partial charge in [0.25, 0.3) is 5.91 Å². The molecule has 2 aromatic carbocycles. The van der Waals surface area contributed by atoms with Gasteiger partial charge in [0.05, 0.1) is 16.8 Å². The van der Waals surface area contributed by atoms with E-state index >= 15 is 0 Å². The molecule has 0 unspecified atom stereocenters. The number of pyridine rings is 1. The van der Waals surface area contributed by atoms with E-state index in [-0.39, 0.29) is 12.5 Å². The van der Waals surface area contributed by atoms with E-state index in [1.165, 1.54) is 5.56 Å². The highest BCUT2D eigenvalue weighted by atomic mass is 16.5. The topological polar surface area (TPSA) is 68.3 Å². The van der Waals surface area contributed by atoms with E-state index in [0.29, 0.717) is 12.1 Å². The lowest BCUT2D eigenvalue weighted by Gasteiger charge is -2.12. The van der Waals surface area contributed by atoms with Crippen LogP contribution in [0.2, 0.25) is 0 Å². The van der Waals surface area contributed by atoms with Gasteiger partial charge in [0.15, 0.2) is 6.61 Å². The lowest BCUT2D eigenvalue weighted by atomic mass is 10.0. The van der Waals surface area contributed by atoms with Crippen LogP contribution in [0.4, 0.5) is 0 Å².